The third-order valence-electron chi connectivity index (χ3n) is 4.99. The van der Waals surface area contributed by atoms with E-state index in [0.717, 1.165) is 5.56 Å². The molecule has 32 heavy (non-hydrogen) atoms. The van der Waals surface area contributed by atoms with E-state index >= 15 is 0 Å². The summed E-state index contributed by atoms with van der Waals surface area (Å²) in [5, 5.41) is 3.84. The third kappa shape index (κ3) is 3.92. The molecule has 160 valence electrons. The molecule has 0 aliphatic carbocycles. The smallest absolute Gasteiger partial charge is 0.266 e. The molecule has 0 fully saturated rings. The lowest BCUT2D eigenvalue weighted by Crippen LogP contribution is -2.23. The standard InChI is InChI=1S/C24H19N3O4S/c1-15-5-4-6-17(11-15)27-23(29)18-7-2-3-8-19(18)26-24(27)32-13-22(28)25-16-9-10-20-21(12-16)31-14-30-20/h2-12H,13-14H2,1H3,(H,25,28). The minimum Gasteiger partial charge on any atom is -0.454 e. The van der Waals surface area contributed by atoms with Gasteiger partial charge in [0.2, 0.25) is 12.7 Å². The Morgan fingerprint density at radius 3 is 2.78 bits per heavy atom. The number of aryl methyl sites for hydroxylation is 1. The second kappa shape index (κ2) is 8.39. The Bertz CT molecular complexity index is 1400. The van der Waals surface area contributed by atoms with Crippen LogP contribution in [0.25, 0.3) is 16.6 Å². The lowest BCUT2D eigenvalue weighted by molar-refractivity contribution is -0.113. The van der Waals surface area contributed by atoms with Crippen LogP contribution in [0.4, 0.5) is 5.69 Å². The minimum absolute atomic E-state index is 0.0883. The van der Waals surface area contributed by atoms with Crippen molar-refractivity contribution in [3.63, 3.8) is 0 Å². The molecule has 0 radical (unpaired) electrons. The second-order valence-electron chi connectivity index (χ2n) is 7.30. The highest BCUT2D eigenvalue weighted by atomic mass is 32.2. The van der Waals surface area contributed by atoms with Gasteiger partial charge in [-0.1, -0.05) is 36.0 Å². The number of ether oxygens (including phenoxy) is 2. The van der Waals surface area contributed by atoms with Gasteiger partial charge in [-0.25, -0.2) is 4.98 Å². The van der Waals surface area contributed by atoms with Gasteiger partial charge in [-0.15, -0.1) is 0 Å². The van der Waals surface area contributed by atoms with Crippen LogP contribution in [0.15, 0.2) is 76.7 Å². The lowest BCUT2D eigenvalue weighted by atomic mass is 10.2. The Morgan fingerprint density at radius 1 is 1.06 bits per heavy atom. The monoisotopic (exact) mass is 445 g/mol. The van der Waals surface area contributed by atoms with Gasteiger partial charge < -0.3 is 14.8 Å². The number of anilines is 1. The first-order chi connectivity index (χ1) is 15.6. The third-order valence-corrected chi connectivity index (χ3v) is 5.93. The van der Waals surface area contributed by atoms with Gasteiger partial charge in [0.15, 0.2) is 16.7 Å². The molecule has 1 amide bonds. The van der Waals surface area contributed by atoms with E-state index in [4.69, 9.17) is 9.47 Å². The Hall–Kier alpha value is -3.78. The number of nitrogens with one attached hydrogen (secondary N) is 1. The average Bonchev–Trinajstić information content (AvgIpc) is 3.26. The molecule has 4 aromatic rings. The van der Waals surface area contributed by atoms with Crippen molar-refractivity contribution >= 4 is 34.3 Å². The molecule has 8 heteroatoms. The van der Waals surface area contributed by atoms with Crippen molar-refractivity contribution in [1.29, 1.82) is 0 Å². The lowest BCUT2D eigenvalue weighted by Gasteiger charge is -2.14. The number of hydrogen-bond donors (Lipinski definition) is 1. The molecular weight excluding hydrogens is 426 g/mol. The van der Waals surface area contributed by atoms with Crippen LogP contribution in [0.3, 0.4) is 0 Å². The number of rotatable bonds is 5. The van der Waals surface area contributed by atoms with Gasteiger partial charge in [0.25, 0.3) is 5.56 Å². The van der Waals surface area contributed by atoms with Crippen LogP contribution < -0.4 is 20.3 Å². The van der Waals surface area contributed by atoms with Crippen LogP contribution in [-0.2, 0) is 4.79 Å². The van der Waals surface area contributed by atoms with Crippen molar-refractivity contribution in [2.45, 2.75) is 12.1 Å². The summed E-state index contributed by atoms with van der Waals surface area (Å²) in [6.45, 7) is 2.14. The highest BCUT2D eigenvalue weighted by Crippen LogP contribution is 2.34. The molecule has 7 nitrogen and oxygen atoms in total. The van der Waals surface area contributed by atoms with Crippen LogP contribution in [0, 0.1) is 6.92 Å². The van der Waals surface area contributed by atoms with Crippen LogP contribution in [0.2, 0.25) is 0 Å². The van der Waals surface area contributed by atoms with Crippen LogP contribution in [0.5, 0.6) is 11.5 Å². The Kier molecular flexibility index (Phi) is 5.28. The van der Waals surface area contributed by atoms with Crippen molar-refractivity contribution in [2.24, 2.45) is 0 Å². The first-order valence-electron chi connectivity index (χ1n) is 9.99. The van der Waals surface area contributed by atoms with Crippen LogP contribution >= 0.6 is 11.8 Å². The normalized spacial score (nSPS) is 12.2. The van der Waals surface area contributed by atoms with E-state index < -0.39 is 0 Å². The molecule has 0 atom stereocenters. The first-order valence-corrected chi connectivity index (χ1v) is 11.0. The van der Waals surface area contributed by atoms with Crippen molar-refractivity contribution < 1.29 is 14.3 Å². The Balaban J connectivity index is 1.43. The highest BCUT2D eigenvalue weighted by Gasteiger charge is 2.17. The minimum atomic E-state index is -0.216. The summed E-state index contributed by atoms with van der Waals surface area (Å²) in [5.41, 5.74) is 2.79. The summed E-state index contributed by atoms with van der Waals surface area (Å²) < 4.78 is 12.2. The molecule has 0 unspecified atom stereocenters. The topological polar surface area (TPSA) is 82.5 Å². The molecular formula is C24H19N3O4S. The van der Waals surface area contributed by atoms with E-state index in [-0.39, 0.29) is 24.0 Å². The summed E-state index contributed by atoms with van der Waals surface area (Å²) in [7, 11) is 0. The second-order valence-corrected chi connectivity index (χ2v) is 8.24. The van der Waals surface area contributed by atoms with Gasteiger partial charge in [-0.05, 0) is 48.9 Å². The highest BCUT2D eigenvalue weighted by molar-refractivity contribution is 7.99. The summed E-state index contributed by atoms with van der Waals surface area (Å²) in [5.74, 6) is 1.12. The first kappa shape index (κ1) is 20.1. The molecule has 3 aromatic carbocycles. The number of nitrogens with zero attached hydrogens (tertiary/aromatic N) is 2. The molecule has 0 saturated heterocycles. The van der Waals surface area contributed by atoms with Crippen molar-refractivity contribution in [3.05, 3.63) is 82.6 Å². The maximum absolute atomic E-state index is 13.3. The number of amides is 1. The number of fused-ring (bicyclic) bond motifs is 2. The fraction of sp³-hybridized carbons (Fsp3) is 0.125. The van der Waals surface area contributed by atoms with Crippen molar-refractivity contribution in [1.82, 2.24) is 9.55 Å². The van der Waals surface area contributed by atoms with Crippen molar-refractivity contribution in [3.8, 4) is 17.2 Å². The maximum Gasteiger partial charge on any atom is 0.266 e. The fourth-order valence-electron chi connectivity index (χ4n) is 3.51. The molecule has 0 bridgehead atoms. The van der Waals surface area contributed by atoms with E-state index in [1.807, 2.05) is 43.3 Å². The number of carbonyl (C=O) groups excluding carboxylic acids is 1. The number of hydrogen-bond acceptors (Lipinski definition) is 6. The molecule has 2 heterocycles. The molecule has 0 saturated carbocycles. The molecule has 1 N–H and O–H groups in total. The fourth-order valence-corrected chi connectivity index (χ4v) is 4.32. The number of carbonyl (C=O) groups is 1. The number of thioether (sulfide) groups is 1. The predicted octanol–water partition coefficient (Wildman–Crippen LogP) is 4.15. The Labute approximate surface area is 188 Å². The number of aromatic nitrogens is 2. The van der Waals surface area contributed by atoms with Gasteiger partial charge in [0, 0.05) is 11.8 Å². The predicted molar refractivity (Wildman–Crippen MR) is 124 cm³/mol. The van der Waals surface area contributed by atoms with E-state index in [1.54, 1.807) is 34.9 Å². The van der Waals surface area contributed by atoms with E-state index in [1.165, 1.54) is 11.8 Å². The molecule has 5 rings (SSSR count). The summed E-state index contributed by atoms with van der Waals surface area (Å²) in [4.78, 5) is 30.6. The largest absolute Gasteiger partial charge is 0.454 e. The van der Waals surface area contributed by atoms with E-state index in [2.05, 4.69) is 10.3 Å². The zero-order chi connectivity index (χ0) is 22.1. The van der Waals surface area contributed by atoms with Gasteiger partial charge in [0.1, 0.15) is 0 Å². The Morgan fingerprint density at radius 2 is 1.91 bits per heavy atom. The summed E-state index contributed by atoms with van der Waals surface area (Å²) in [6, 6.07) is 20.1. The SMILES string of the molecule is Cc1cccc(-n2c(SCC(=O)Nc3ccc4c(c3)OCO4)nc3ccccc3c2=O)c1. The van der Waals surface area contributed by atoms with Gasteiger partial charge in [0.05, 0.1) is 22.3 Å². The number of para-hydroxylation sites is 1. The summed E-state index contributed by atoms with van der Waals surface area (Å²) >= 11 is 1.21. The quantitative estimate of drug-likeness (QED) is 0.367. The molecule has 1 aliphatic heterocycles. The average molecular weight is 446 g/mol. The number of benzene rings is 3. The van der Waals surface area contributed by atoms with Gasteiger partial charge in [-0.3, -0.25) is 14.2 Å². The molecule has 1 aromatic heterocycles. The molecule has 0 spiro atoms. The zero-order valence-electron chi connectivity index (χ0n) is 17.2. The molecule has 1 aliphatic rings. The van der Waals surface area contributed by atoms with Crippen LogP contribution in [-0.4, -0.2) is 28.0 Å². The van der Waals surface area contributed by atoms with Gasteiger partial charge >= 0.3 is 0 Å². The van der Waals surface area contributed by atoms with Crippen molar-refractivity contribution in [2.75, 3.05) is 17.9 Å². The van der Waals surface area contributed by atoms with E-state index in [0.29, 0.717) is 38.9 Å². The van der Waals surface area contributed by atoms with E-state index in [9.17, 15) is 9.59 Å². The zero-order valence-corrected chi connectivity index (χ0v) is 18.0. The summed E-state index contributed by atoms with van der Waals surface area (Å²) in [6.07, 6.45) is 0. The van der Waals surface area contributed by atoms with Gasteiger partial charge in [-0.2, -0.15) is 0 Å². The maximum atomic E-state index is 13.3. The van der Waals surface area contributed by atoms with Crippen LogP contribution in [0.1, 0.15) is 5.56 Å².